The summed E-state index contributed by atoms with van der Waals surface area (Å²) in [6.45, 7) is 0. The van der Waals surface area contributed by atoms with Gasteiger partial charge in [0, 0.05) is 35.6 Å². The Bertz CT molecular complexity index is 1850. The number of nitro groups is 1. The molecule has 4 aromatic carbocycles. The Morgan fingerprint density at radius 1 is 0.925 bits per heavy atom. The minimum atomic E-state index is -4.28. The van der Waals surface area contributed by atoms with Gasteiger partial charge in [-0.05, 0) is 29.8 Å². The van der Waals surface area contributed by atoms with Crippen LogP contribution in [-0.4, -0.2) is 31.2 Å². The number of benzene rings is 4. The number of nitrogens with zero attached hydrogens (tertiary/aromatic N) is 3. The molecule has 1 aromatic heterocycles. The third kappa shape index (κ3) is 5.09. The second-order valence-electron chi connectivity index (χ2n) is 8.82. The highest BCUT2D eigenvalue weighted by molar-refractivity contribution is 7.93. The molecule has 0 fully saturated rings. The van der Waals surface area contributed by atoms with Crippen LogP contribution >= 0.6 is 0 Å². The lowest BCUT2D eigenvalue weighted by Gasteiger charge is -2.14. The highest BCUT2D eigenvalue weighted by atomic mass is 32.2. The summed E-state index contributed by atoms with van der Waals surface area (Å²) in [4.78, 5) is 10.5. The van der Waals surface area contributed by atoms with Crippen molar-refractivity contribution in [2.24, 2.45) is 12.1 Å². The number of aryl methyl sites for hydroxylation is 1. The van der Waals surface area contributed by atoms with Crippen molar-refractivity contribution in [1.29, 1.82) is 0 Å². The fraction of sp³-hybridized carbons (Fsp3) is 0.0690. The molecular weight excluding hydrogens is 530 g/mol. The first-order valence-corrected chi connectivity index (χ1v) is 13.6. The monoisotopic (exact) mass is 555 g/mol. The predicted molar refractivity (Wildman–Crippen MR) is 156 cm³/mol. The highest BCUT2D eigenvalue weighted by Gasteiger charge is 2.24. The molecule has 0 bridgehead atoms. The van der Waals surface area contributed by atoms with E-state index in [2.05, 4.69) is 19.8 Å². The average molecular weight is 556 g/mol. The van der Waals surface area contributed by atoms with Gasteiger partial charge in [-0.2, -0.15) is 5.10 Å². The van der Waals surface area contributed by atoms with Gasteiger partial charge in [-0.15, -0.1) is 0 Å². The van der Waals surface area contributed by atoms with Crippen molar-refractivity contribution in [1.82, 2.24) is 4.57 Å². The maximum atomic E-state index is 13.4. The number of nitro benzene ring substituents is 1. The molecule has 11 heteroatoms. The number of ether oxygens (including phenoxy) is 1. The standard InChI is InChI=1S/C29H25N5O5S/c1-33-26-14-8-6-12-22(26)23(29(33)20-10-4-3-5-11-20)19-30-31-25-17-16-21(34(35)36)18-28(25)40(37,38)32-24-13-7-9-15-27(24)39-2/h3-19,31-32H,1-2H3. The van der Waals surface area contributed by atoms with Gasteiger partial charge < -0.3 is 9.30 Å². The Hall–Kier alpha value is -5.16. The number of rotatable bonds is 9. The lowest BCUT2D eigenvalue weighted by atomic mass is 10.1. The molecule has 202 valence electrons. The third-order valence-electron chi connectivity index (χ3n) is 6.39. The normalized spacial score (nSPS) is 11.6. The number of hydrazone groups is 1. The number of hydrogen-bond donors (Lipinski definition) is 2. The number of nitrogens with one attached hydrogen (secondary N) is 2. The summed E-state index contributed by atoms with van der Waals surface area (Å²) in [7, 11) is -0.896. The fourth-order valence-corrected chi connectivity index (χ4v) is 5.78. The Labute approximate surface area is 230 Å². The number of aromatic nitrogens is 1. The lowest BCUT2D eigenvalue weighted by molar-refractivity contribution is -0.385. The highest BCUT2D eigenvalue weighted by Crippen LogP contribution is 2.33. The van der Waals surface area contributed by atoms with Crippen LogP contribution in [0.15, 0.2) is 107 Å². The Morgan fingerprint density at radius 2 is 1.62 bits per heavy atom. The number of anilines is 2. The SMILES string of the molecule is COc1ccccc1NS(=O)(=O)c1cc([N+](=O)[O-])ccc1NN=Cc1c(-c2ccccc2)n(C)c2ccccc12. The number of para-hydroxylation sites is 3. The van der Waals surface area contributed by atoms with Gasteiger partial charge in [-0.3, -0.25) is 20.3 Å². The quantitative estimate of drug-likeness (QED) is 0.130. The van der Waals surface area contributed by atoms with Crippen LogP contribution < -0.4 is 14.9 Å². The van der Waals surface area contributed by atoms with Crippen molar-refractivity contribution < 1.29 is 18.1 Å². The topological polar surface area (TPSA) is 128 Å². The van der Waals surface area contributed by atoms with Gasteiger partial charge in [-0.1, -0.05) is 60.7 Å². The van der Waals surface area contributed by atoms with Gasteiger partial charge in [0.25, 0.3) is 15.7 Å². The molecule has 0 spiro atoms. The molecule has 0 amide bonds. The van der Waals surface area contributed by atoms with E-state index in [1.807, 2.05) is 61.6 Å². The number of sulfonamides is 1. The van der Waals surface area contributed by atoms with Gasteiger partial charge in [0.1, 0.15) is 10.6 Å². The number of fused-ring (bicyclic) bond motifs is 1. The van der Waals surface area contributed by atoms with E-state index >= 15 is 0 Å². The van der Waals surface area contributed by atoms with E-state index in [0.717, 1.165) is 33.8 Å². The molecule has 0 unspecified atom stereocenters. The second-order valence-corrected chi connectivity index (χ2v) is 10.5. The maximum Gasteiger partial charge on any atom is 0.270 e. The maximum absolute atomic E-state index is 13.4. The van der Waals surface area contributed by atoms with Gasteiger partial charge in [-0.25, -0.2) is 8.42 Å². The van der Waals surface area contributed by atoms with Crippen molar-refractivity contribution in [3.05, 3.63) is 113 Å². The van der Waals surface area contributed by atoms with Crippen LogP contribution in [0.4, 0.5) is 17.1 Å². The summed E-state index contributed by atoms with van der Waals surface area (Å²) in [5.41, 5.74) is 6.41. The van der Waals surface area contributed by atoms with Crippen molar-refractivity contribution in [2.45, 2.75) is 4.90 Å². The molecule has 1 heterocycles. The van der Waals surface area contributed by atoms with Crippen LogP contribution in [0.1, 0.15) is 5.56 Å². The van der Waals surface area contributed by atoms with E-state index in [-0.39, 0.29) is 22.0 Å². The van der Waals surface area contributed by atoms with E-state index in [4.69, 9.17) is 4.74 Å². The number of hydrogen-bond acceptors (Lipinski definition) is 7. The molecular formula is C29H25N5O5S. The Balaban J connectivity index is 1.55. The van der Waals surface area contributed by atoms with E-state index in [9.17, 15) is 18.5 Å². The van der Waals surface area contributed by atoms with Crippen LogP contribution in [0.3, 0.4) is 0 Å². The predicted octanol–water partition coefficient (Wildman–Crippen LogP) is 6.01. The van der Waals surface area contributed by atoms with E-state index in [1.165, 1.54) is 25.3 Å². The molecule has 0 aliphatic heterocycles. The second kappa shape index (κ2) is 10.9. The van der Waals surface area contributed by atoms with Crippen molar-refractivity contribution in [3.63, 3.8) is 0 Å². The first-order valence-electron chi connectivity index (χ1n) is 12.2. The van der Waals surface area contributed by atoms with Crippen LogP contribution in [0, 0.1) is 10.1 Å². The first kappa shape index (κ1) is 26.4. The van der Waals surface area contributed by atoms with Crippen LogP contribution in [0.25, 0.3) is 22.2 Å². The molecule has 0 saturated carbocycles. The zero-order valence-corrected chi connectivity index (χ0v) is 22.4. The minimum absolute atomic E-state index is 0.0609. The summed E-state index contributed by atoms with van der Waals surface area (Å²) in [5, 5.41) is 16.8. The van der Waals surface area contributed by atoms with Crippen molar-refractivity contribution in [2.75, 3.05) is 17.3 Å². The van der Waals surface area contributed by atoms with Gasteiger partial charge in [0.15, 0.2) is 0 Å². The average Bonchev–Trinajstić information content (AvgIpc) is 3.25. The van der Waals surface area contributed by atoms with Crippen molar-refractivity contribution in [3.8, 4) is 17.0 Å². The van der Waals surface area contributed by atoms with E-state index in [0.29, 0.717) is 5.75 Å². The zero-order chi connectivity index (χ0) is 28.3. The molecule has 5 rings (SSSR count). The molecule has 0 atom stereocenters. The van der Waals surface area contributed by atoms with E-state index in [1.54, 1.807) is 24.4 Å². The molecule has 0 aliphatic carbocycles. The summed E-state index contributed by atoms with van der Waals surface area (Å²) < 4.78 is 36.6. The molecule has 5 aromatic rings. The first-order chi connectivity index (χ1) is 19.3. The van der Waals surface area contributed by atoms with Crippen molar-refractivity contribution >= 4 is 44.2 Å². The summed E-state index contributed by atoms with van der Waals surface area (Å²) in [6.07, 6.45) is 1.62. The minimum Gasteiger partial charge on any atom is -0.495 e. The summed E-state index contributed by atoms with van der Waals surface area (Å²) >= 11 is 0. The van der Waals surface area contributed by atoms with E-state index < -0.39 is 14.9 Å². The smallest absolute Gasteiger partial charge is 0.270 e. The largest absolute Gasteiger partial charge is 0.495 e. The fourth-order valence-electron chi connectivity index (χ4n) is 4.53. The molecule has 0 saturated heterocycles. The van der Waals surface area contributed by atoms with Crippen LogP contribution in [0.2, 0.25) is 0 Å². The third-order valence-corrected chi connectivity index (χ3v) is 7.79. The Morgan fingerprint density at radius 3 is 2.38 bits per heavy atom. The molecule has 0 aliphatic rings. The molecule has 10 nitrogen and oxygen atoms in total. The summed E-state index contributed by atoms with van der Waals surface area (Å²) in [6, 6.07) is 27.7. The van der Waals surface area contributed by atoms with Gasteiger partial charge in [0.2, 0.25) is 0 Å². The summed E-state index contributed by atoms with van der Waals surface area (Å²) in [5.74, 6) is 0.299. The van der Waals surface area contributed by atoms with Gasteiger partial charge >= 0.3 is 0 Å². The number of methoxy groups -OCH3 is 1. The van der Waals surface area contributed by atoms with Gasteiger partial charge in [0.05, 0.1) is 35.3 Å². The zero-order valence-electron chi connectivity index (χ0n) is 21.6. The Kier molecular flexibility index (Phi) is 7.21. The molecule has 2 N–H and O–H groups in total. The molecule has 0 radical (unpaired) electrons. The molecule has 40 heavy (non-hydrogen) atoms. The van der Waals surface area contributed by atoms with Crippen LogP contribution in [-0.2, 0) is 17.1 Å². The lowest BCUT2D eigenvalue weighted by Crippen LogP contribution is -2.15. The van der Waals surface area contributed by atoms with Crippen LogP contribution in [0.5, 0.6) is 5.75 Å². The number of non-ortho nitro benzene ring substituents is 1.